The minimum absolute atomic E-state index is 0.0407. The lowest BCUT2D eigenvalue weighted by molar-refractivity contribution is -0.126. The third-order valence-corrected chi connectivity index (χ3v) is 2.77. The molecule has 0 saturated heterocycles. The van der Waals surface area contributed by atoms with Crippen LogP contribution in [0.2, 0.25) is 0 Å². The quantitative estimate of drug-likeness (QED) is 0.567. The van der Waals surface area contributed by atoms with E-state index in [2.05, 4.69) is 11.9 Å². The molecule has 6 nitrogen and oxygen atoms in total. The van der Waals surface area contributed by atoms with Crippen LogP contribution < -0.4 is 10.1 Å². The van der Waals surface area contributed by atoms with E-state index in [9.17, 15) is 9.59 Å². The number of carboxylic acid groups (broad SMARTS) is 1. The standard InChI is InChI=1S/C15H19NO5/c1-4-5-8-21-10(2)14(17)16-13-7-6-11(20-3)9-12(13)15(18)19/h4,6-7,9-10H,1,5,8H2,2-3H3,(H,16,17)(H,18,19). The summed E-state index contributed by atoms with van der Waals surface area (Å²) < 4.78 is 10.3. The highest BCUT2D eigenvalue weighted by atomic mass is 16.5. The van der Waals surface area contributed by atoms with Crippen molar-refractivity contribution in [3.63, 3.8) is 0 Å². The highest BCUT2D eigenvalue weighted by Crippen LogP contribution is 2.22. The number of carbonyl (C=O) groups is 2. The second-order valence-corrected chi connectivity index (χ2v) is 4.30. The molecule has 6 heteroatoms. The van der Waals surface area contributed by atoms with Gasteiger partial charge < -0.3 is 19.9 Å². The maximum absolute atomic E-state index is 11.9. The number of benzene rings is 1. The number of rotatable bonds is 8. The van der Waals surface area contributed by atoms with Gasteiger partial charge in [-0.1, -0.05) is 6.08 Å². The van der Waals surface area contributed by atoms with Crippen molar-refractivity contribution in [1.29, 1.82) is 0 Å². The summed E-state index contributed by atoms with van der Waals surface area (Å²) in [4.78, 5) is 23.2. The molecule has 0 spiro atoms. The summed E-state index contributed by atoms with van der Waals surface area (Å²) in [6.45, 7) is 5.54. The lowest BCUT2D eigenvalue weighted by Crippen LogP contribution is -2.28. The lowest BCUT2D eigenvalue weighted by Gasteiger charge is -2.14. The van der Waals surface area contributed by atoms with Crippen LogP contribution >= 0.6 is 0 Å². The van der Waals surface area contributed by atoms with E-state index in [1.807, 2.05) is 0 Å². The Morgan fingerprint density at radius 3 is 2.76 bits per heavy atom. The van der Waals surface area contributed by atoms with Crippen LogP contribution in [0, 0.1) is 0 Å². The highest BCUT2D eigenvalue weighted by molar-refractivity contribution is 6.02. The smallest absolute Gasteiger partial charge is 0.337 e. The van der Waals surface area contributed by atoms with Crippen molar-refractivity contribution < 1.29 is 24.2 Å². The molecule has 0 radical (unpaired) electrons. The van der Waals surface area contributed by atoms with Crippen LogP contribution in [0.1, 0.15) is 23.7 Å². The van der Waals surface area contributed by atoms with E-state index in [4.69, 9.17) is 14.6 Å². The van der Waals surface area contributed by atoms with Gasteiger partial charge in [0, 0.05) is 0 Å². The van der Waals surface area contributed by atoms with E-state index in [1.165, 1.54) is 19.2 Å². The summed E-state index contributed by atoms with van der Waals surface area (Å²) in [6.07, 6.45) is 1.64. The van der Waals surface area contributed by atoms with Crippen LogP contribution in [-0.4, -0.2) is 36.8 Å². The molecule has 0 aliphatic heterocycles. The number of aromatic carboxylic acids is 1. The van der Waals surface area contributed by atoms with Gasteiger partial charge in [-0.25, -0.2) is 4.79 Å². The van der Waals surface area contributed by atoms with Crippen molar-refractivity contribution >= 4 is 17.6 Å². The van der Waals surface area contributed by atoms with Gasteiger partial charge in [0.15, 0.2) is 0 Å². The van der Waals surface area contributed by atoms with Gasteiger partial charge >= 0.3 is 5.97 Å². The Balaban J connectivity index is 2.79. The number of nitrogens with one attached hydrogen (secondary N) is 1. The van der Waals surface area contributed by atoms with Crippen molar-refractivity contribution in [2.75, 3.05) is 19.0 Å². The Morgan fingerprint density at radius 2 is 2.19 bits per heavy atom. The molecule has 114 valence electrons. The zero-order valence-electron chi connectivity index (χ0n) is 12.1. The first-order valence-corrected chi connectivity index (χ1v) is 6.44. The third-order valence-electron chi connectivity index (χ3n) is 2.77. The molecule has 0 bridgehead atoms. The van der Waals surface area contributed by atoms with Gasteiger partial charge in [-0.2, -0.15) is 0 Å². The second-order valence-electron chi connectivity index (χ2n) is 4.30. The fraction of sp³-hybridized carbons (Fsp3) is 0.333. The maximum Gasteiger partial charge on any atom is 0.337 e. The zero-order valence-corrected chi connectivity index (χ0v) is 12.1. The molecule has 1 aromatic rings. The molecule has 1 amide bonds. The van der Waals surface area contributed by atoms with E-state index in [-0.39, 0.29) is 11.3 Å². The van der Waals surface area contributed by atoms with E-state index in [0.29, 0.717) is 18.8 Å². The first kappa shape index (κ1) is 16.7. The summed E-state index contributed by atoms with van der Waals surface area (Å²) in [6, 6.07) is 4.41. The molecule has 0 heterocycles. The van der Waals surface area contributed by atoms with Crippen LogP contribution in [-0.2, 0) is 9.53 Å². The molecule has 1 rings (SSSR count). The summed E-state index contributed by atoms with van der Waals surface area (Å²) >= 11 is 0. The minimum atomic E-state index is -1.15. The molecule has 1 aromatic carbocycles. The van der Waals surface area contributed by atoms with Gasteiger partial charge in [0.05, 0.1) is 25.0 Å². The van der Waals surface area contributed by atoms with Crippen LogP contribution in [0.3, 0.4) is 0 Å². The van der Waals surface area contributed by atoms with Crippen LogP contribution in [0.25, 0.3) is 0 Å². The number of carbonyl (C=O) groups excluding carboxylic acids is 1. The van der Waals surface area contributed by atoms with Crippen molar-refractivity contribution in [3.05, 3.63) is 36.4 Å². The first-order valence-electron chi connectivity index (χ1n) is 6.44. The SMILES string of the molecule is C=CCCOC(C)C(=O)Nc1ccc(OC)cc1C(=O)O. The summed E-state index contributed by atoms with van der Waals surface area (Å²) in [5.41, 5.74) is 0.161. The predicted molar refractivity (Wildman–Crippen MR) is 78.8 cm³/mol. The summed E-state index contributed by atoms with van der Waals surface area (Å²) in [5, 5.41) is 11.7. The first-order chi connectivity index (χ1) is 9.99. The Hall–Kier alpha value is -2.34. The normalized spacial score (nSPS) is 11.5. The number of carboxylic acids is 1. The fourth-order valence-electron chi connectivity index (χ4n) is 1.57. The van der Waals surface area contributed by atoms with E-state index in [0.717, 1.165) is 0 Å². The summed E-state index contributed by atoms with van der Waals surface area (Å²) in [5.74, 6) is -1.16. The molecule has 0 aliphatic carbocycles. The molecule has 0 fully saturated rings. The number of hydrogen-bond acceptors (Lipinski definition) is 4. The Morgan fingerprint density at radius 1 is 1.48 bits per heavy atom. The average molecular weight is 293 g/mol. The van der Waals surface area contributed by atoms with Crippen molar-refractivity contribution in [1.82, 2.24) is 0 Å². The monoisotopic (exact) mass is 293 g/mol. The van der Waals surface area contributed by atoms with Crippen molar-refractivity contribution in [2.45, 2.75) is 19.4 Å². The van der Waals surface area contributed by atoms with Gasteiger partial charge in [-0.3, -0.25) is 4.79 Å². The van der Waals surface area contributed by atoms with Gasteiger partial charge in [0.2, 0.25) is 0 Å². The van der Waals surface area contributed by atoms with Gasteiger partial charge in [0.1, 0.15) is 11.9 Å². The number of amides is 1. The fourth-order valence-corrected chi connectivity index (χ4v) is 1.57. The lowest BCUT2D eigenvalue weighted by atomic mass is 10.1. The second kappa shape index (κ2) is 8.06. The predicted octanol–water partition coefficient (Wildman–Crippen LogP) is 2.31. The number of hydrogen-bond donors (Lipinski definition) is 2. The number of methoxy groups -OCH3 is 1. The Labute approximate surface area is 123 Å². The largest absolute Gasteiger partial charge is 0.497 e. The molecule has 0 aliphatic rings. The van der Waals surface area contributed by atoms with Crippen LogP contribution in [0.4, 0.5) is 5.69 Å². The number of anilines is 1. The maximum atomic E-state index is 11.9. The summed E-state index contributed by atoms with van der Waals surface area (Å²) in [7, 11) is 1.44. The van der Waals surface area contributed by atoms with Gasteiger partial charge in [0.25, 0.3) is 5.91 Å². The molecular weight excluding hydrogens is 274 g/mol. The molecule has 1 atom stereocenters. The van der Waals surface area contributed by atoms with Gasteiger partial charge in [-0.15, -0.1) is 6.58 Å². The molecule has 0 saturated carbocycles. The van der Waals surface area contributed by atoms with E-state index < -0.39 is 18.0 Å². The van der Waals surface area contributed by atoms with Crippen LogP contribution in [0.15, 0.2) is 30.9 Å². The average Bonchev–Trinajstić information content (AvgIpc) is 2.47. The Kier molecular flexibility index (Phi) is 6.42. The molecule has 1 unspecified atom stereocenters. The molecular formula is C15H19NO5. The zero-order chi connectivity index (χ0) is 15.8. The van der Waals surface area contributed by atoms with E-state index >= 15 is 0 Å². The van der Waals surface area contributed by atoms with Crippen LogP contribution in [0.5, 0.6) is 5.75 Å². The highest BCUT2D eigenvalue weighted by Gasteiger charge is 2.18. The molecule has 21 heavy (non-hydrogen) atoms. The van der Waals surface area contributed by atoms with Crippen molar-refractivity contribution in [3.8, 4) is 5.75 Å². The number of ether oxygens (including phenoxy) is 2. The molecule has 0 aromatic heterocycles. The minimum Gasteiger partial charge on any atom is -0.497 e. The Bertz CT molecular complexity index is 527. The topological polar surface area (TPSA) is 84.9 Å². The molecule has 2 N–H and O–H groups in total. The van der Waals surface area contributed by atoms with Crippen molar-refractivity contribution in [2.24, 2.45) is 0 Å². The van der Waals surface area contributed by atoms with Gasteiger partial charge in [-0.05, 0) is 31.5 Å². The van der Waals surface area contributed by atoms with E-state index in [1.54, 1.807) is 19.1 Å². The third kappa shape index (κ3) is 4.92.